The van der Waals surface area contributed by atoms with Crippen LogP contribution in [0.4, 0.5) is 0 Å². The molecule has 0 spiro atoms. The van der Waals surface area contributed by atoms with Gasteiger partial charge in [-0.1, -0.05) is 0 Å². The highest BCUT2D eigenvalue weighted by atomic mass is 16.5. The van der Waals surface area contributed by atoms with Gasteiger partial charge in [-0.3, -0.25) is 4.57 Å². The molecule has 0 saturated carbocycles. The van der Waals surface area contributed by atoms with E-state index >= 15 is 0 Å². The molecule has 1 aromatic heterocycles. The maximum Gasteiger partial charge on any atom is 0.348 e. The van der Waals surface area contributed by atoms with Gasteiger partial charge in [-0.2, -0.15) is 5.26 Å². The van der Waals surface area contributed by atoms with Crippen LogP contribution in [0.25, 0.3) is 0 Å². The van der Waals surface area contributed by atoms with Crippen molar-refractivity contribution in [3.8, 4) is 11.8 Å². The number of hydrogen-bond acceptors (Lipinski definition) is 5. The number of aromatic nitrogens is 2. The Morgan fingerprint density at radius 3 is 2.91 bits per heavy atom. The minimum atomic E-state index is -0.962. The molecule has 0 radical (unpaired) electrons. The fraction of sp³-hybridized carbons (Fsp3) is 0.312. The van der Waals surface area contributed by atoms with Crippen LogP contribution in [0.3, 0.4) is 0 Å². The molecule has 1 N–H and O–H groups in total. The van der Waals surface area contributed by atoms with E-state index in [1.165, 1.54) is 10.8 Å². The van der Waals surface area contributed by atoms with Crippen LogP contribution in [0.2, 0.25) is 0 Å². The Balaban J connectivity index is 2.26. The summed E-state index contributed by atoms with van der Waals surface area (Å²) in [6.45, 7) is 3.51. The van der Waals surface area contributed by atoms with Crippen LogP contribution in [0, 0.1) is 11.3 Å². The second kappa shape index (κ2) is 4.97. The van der Waals surface area contributed by atoms with Crippen molar-refractivity contribution in [1.82, 2.24) is 9.55 Å². The third-order valence-corrected chi connectivity index (χ3v) is 3.88. The quantitative estimate of drug-likeness (QED) is 0.855. The molecule has 0 saturated heterocycles. The van der Waals surface area contributed by atoms with Crippen molar-refractivity contribution in [2.24, 2.45) is 0 Å². The van der Waals surface area contributed by atoms with Gasteiger partial charge in [0, 0.05) is 18.0 Å². The number of rotatable bonds is 1. The Morgan fingerprint density at radius 2 is 2.23 bits per heavy atom. The molecule has 0 aliphatic carbocycles. The van der Waals surface area contributed by atoms with Crippen molar-refractivity contribution in [2.75, 3.05) is 0 Å². The van der Waals surface area contributed by atoms with E-state index in [9.17, 15) is 9.90 Å². The normalized spacial score (nSPS) is 22.3. The first-order chi connectivity index (χ1) is 10.4. The molecule has 3 rings (SSSR count). The topological polar surface area (TPSA) is 88.1 Å². The number of hydrogen-bond donors (Lipinski definition) is 1. The first kappa shape index (κ1) is 14.3. The number of nitrogens with zero attached hydrogens (tertiary/aromatic N) is 3. The molecule has 2 aromatic rings. The second-order valence-corrected chi connectivity index (χ2v) is 5.77. The Hall–Kier alpha value is -2.65. The molecule has 1 aliphatic heterocycles. The molecule has 6 heteroatoms. The van der Waals surface area contributed by atoms with E-state index in [2.05, 4.69) is 11.1 Å². The fourth-order valence-electron chi connectivity index (χ4n) is 2.72. The molecule has 0 unspecified atom stereocenters. The molecule has 1 aromatic carbocycles. The van der Waals surface area contributed by atoms with Gasteiger partial charge in [0.05, 0.1) is 17.7 Å². The zero-order valence-corrected chi connectivity index (χ0v) is 12.2. The molecule has 0 bridgehead atoms. The van der Waals surface area contributed by atoms with Gasteiger partial charge in [0.2, 0.25) is 0 Å². The van der Waals surface area contributed by atoms with E-state index in [1.54, 1.807) is 44.3 Å². The van der Waals surface area contributed by atoms with E-state index in [0.717, 1.165) is 0 Å². The largest absolute Gasteiger partial charge is 0.485 e. The highest BCUT2D eigenvalue weighted by Crippen LogP contribution is 2.41. The molecular formula is C16H15N3O3. The predicted octanol–water partition coefficient (Wildman–Crippen LogP) is 1.24. The van der Waals surface area contributed by atoms with Crippen molar-refractivity contribution in [2.45, 2.75) is 31.6 Å². The van der Waals surface area contributed by atoms with Crippen molar-refractivity contribution in [3.05, 3.63) is 58.3 Å². The van der Waals surface area contributed by atoms with Crippen molar-refractivity contribution >= 4 is 0 Å². The maximum atomic E-state index is 12.1. The van der Waals surface area contributed by atoms with Crippen molar-refractivity contribution in [3.63, 3.8) is 0 Å². The van der Waals surface area contributed by atoms with Gasteiger partial charge in [0.1, 0.15) is 17.5 Å². The Kier molecular flexibility index (Phi) is 3.23. The van der Waals surface area contributed by atoms with Crippen LogP contribution in [0.5, 0.6) is 5.75 Å². The molecule has 1 aliphatic rings. The Morgan fingerprint density at radius 1 is 1.45 bits per heavy atom. The predicted molar refractivity (Wildman–Crippen MR) is 78.5 cm³/mol. The number of ether oxygens (including phenoxy) is 1. The SMILES string of the molecule is CC1(C)Oc2ccc(C#N)cc2[C@@H](n2cccnc2=O)[C@@H]1O. The summed E-state index contributed by atoms with van der Waals surface area (Å²) < 4.78 is 7.20. The molecule has 0 fully saturated rings. The van der Waals surface area contributed by atoms with Crippen LogP contribution in [0.1, 0.15) is 31.0 Å². The van der Waals surface area contributed by atoms with E-state index in [1.807, 2.05) is 0 Å². The third kappa shape index (κ3) is 2.16. The van der Waals surface area contributed by atoms with E-state index < -0.39 is 23.4 Å². The summed E-state index contributed by atoms with van der Waals surface area (Å²) in [6, 6.07) is 8.01. The maximum absolute atomic E-state index is 12.1. The van der Waals surface area contributed by atoms with E-state index in [0.29, 0.717) is 16.9 Å². The van der Waals surface area contributed by atoms with Gasteiger partial charge in [-0.25, -0.2) is 9.78 Å². The number of aliphatic hydroxyl groups excluding tert-OH is 1. The van der Waals surface area contributed by atoms with Crippen LogP contribution in [0.15, 0.2) is 41.5 Å². The monoisotopic (exact) mass is 297 g/mol. The Bertz CT molecular complexity index is 820. The average Bonchev–Trinajstić information content (AvgIpc) is 2.49. The van der Waals surface area contributed by atoms with E-state index in [4.69, 9.17) is 10.00 Å². The van der Waals surface area contributed by atoms with Gasteiger partial charge < -0.3 is 9.84 Å². The zero-order chi connectivity index (χ0) is 15.9. The fourth-order valence-corrected chi connectivity index (χ4v) is 2.72. The first-order valence-corrected chi connectivity index (χ1v) is 6.88. The van der Waals surface area contributed by atoms with Gasteiger partial charge in [-0.05, 0) is 38.1 Å². The molecular weight excluding hydrogens is 282 g/mol. The number of aliphatic hydroxyl groups is 1. The summed E-state index contributed by atoms with van der Waals surface area (Å²) in [6.07, 6.45) is 2.02. The minimum absolute atomic E-state index is 0.441. The van der Waals surface area contributed by atoms with Crippen LogP contribution in [-0.2, 0) is 0 Å². The summed E-state index contributed by atoms with van der Waals surface area (Å²) >= 11 is 0. The lowest BCUT2D eigenvalue weighted by Crippen LogP contribution is -2.52. The highest BCUT2D eigenvalue weighted by Gasteiger charge is 2.44. The lowest BCUT2D eigenvalue weighted by molar-refractivity contribution is -0.0645. The lowest BCUT2D eigenvalue weighted by Gasteiger charge is -2.42. The number of benzene rings is 1. The second-order valence-electron chi connectivity index (χ2n) is 5.77. The average molecular weight is 297 g/mol. The van der Waals surface area contributed by atoms with Gasteiger partial charge >= 0.3 is 5.69 Å². The summed E-state index contributed by atoms with van der Waals surface area (Å²) in [7, 11) is 0. The summed E-state index contributed by atoms with van der Waals surface area (Å²) in [5.41, 5.74) is -0.295. The lowest BCUT2D eigenvalue weighted by atomic mass is 9.85. The van der Waals surface area contributed by atoms with Crippen molar-refractivity contribution in [1.29, 1.82) is 5.26 Å². The Labute approximate surface area is 127 Å². The van der Waals surface area contributed by atoms with Crippen LogP contribution < -0.4 is 10.4 Å². The van der Waals surface area contributed by atoms with Crippen LogP contribution in [-0.4, -0.2) is 26.4 Å². The van der Waals surface area contributed by atoms with Gasteiger partial charge in [0.25, 0.3) is 0 Å². The number of fused-ring (bicyclic) bond motifs is 1. The molecule has 6 nitrogen and oxygen atoms in total. The first-order valence-electron chi connectivity index (χ1n) is 6.88. The highest BCUT2D eigenvalue weighted by molar-refractivity contribution is 5.46. The standard InChI is InChI=1S/C16H15N3O3/c1-16(2)14(20)13(19-7-3-6-18-15(19)21)11-8-10(9-17)4-5-12(11)22-16/h3-8,13-14,20H,1-2H3/t13-,14+/m1/s1. The van der Waals surface area contributed by atoms with Crippen LogP contribution >= 0.6 is 0 Å². The number of nitriles is 1. The summed E-state index contributed by atoms with van der Waals surface area (Å²) in [4.78, 5) is 15.8. The third-order valence-electron chi connectivity index (χ3n) is 3.88. The molecule has 2 atom stereocenters. The summed E-state index contributed by atoms with van der Waals surface area (Å²) in [5.74, 6) is 0.551. The van der Waals surface area contributed by atoms with Gasteiger partial charge in [-0.15, -0.1) is 0 Å². The summed E-state index contributed by atoms with van der Waals surface area (Å²) in [5, 5.41) is 19.8. The van der Waals surface area contributed by atoms with Gasteiger partial charge in [0.15, 0.2) is 0 Å². The van der Waals surface area contributed by atoms with E-state index in [-0.39, 0.29) is 0 Å². The smallest absolute Gasteiger partial charge is 0.348 e. The minimum Gasteiger partial charge on any atom is -0.485 e. The van der Waals surface area contributed by atoms with Crippen molar-refractivity contribution < 1.29 is 9.84 Å². The molecule has 2 heterocycles. The zero-order valence-electron chi connectivity index (χ0n) is 12.2. The molecule has 0 amide bonds. The molecule has 112 valence electrons. The molecule has 22 heavy (non-hydrogen) atoms.